The molecule has 4 rings (SSSR count). The summed E-state index contributed by atoms with van der Waals surface area (Å²) in [5.41, 5.74) is 1.83. The van der Waals surface area contributed by atoms with Crippen molar-refractivity contribution in [3.63, 3.8) is 0 Å². The van der Waals surface area contributed by atoms with E-state index in [2.05, 4.69) is 27.6 Å². The number of hydrogen-bond acceptors (Lipinski definition) is 3. The Morgan fingerprint density at radius 2 is 2.12 bits per heavy atom. The number of Topliss-reactive ketones (excluding diaryl/α,β-unsaturated/α-hetero) is 1. The van der Waals surface area contributed by atoms with Gasteiger partial charge in [-0.2, -0.15) is 13.2 Å². The minimum absolute atomic E-state index is 0.0803. The van der Waals surface area contributed by atoms with Crippen molar-refractivity contribution < 1.29 is 22.7 Å². The number of fused-ring (bicyclic) bond motifs is 1. The fraction of sp³-hybridized carbons (Fsp3) is 0.444. The molecule has 2 heterocycles. The molecule has 0 spiro atoms. The maximum atomic E-state index is 13.6. The van der Waals surface area contributed by atoms with E-state index >= 15 is 0 Å². The molecular weight excluding hydrogens is 446 g/mol. The number of carbonyl (C=O) groups excluding carboxylic acids is 1. The van der Waals surface area contributed by atoms with Gasteiger partial charge in [0.2, 0.25) is 0 Å². The first kappa shape index (κ1) is 17.2. The van der Waals surface area contributed by atoms with E-state index in [1.807, 2.05) is 6.08 Å². The van der Waals surface area contributed by atoms with E-state index < -0.39 is 23.6 Å². The molecule has 3 nitrogen and oxygen atoms in total. The Labute approximate surface area is 156 Å². The highest BCUT2D eigenvalue weighted by molar-refractivity contribution is 14.1. The monoisotopic (exact) mass is 461 g/mol. The largest absolute Gasteiger partial charge is 0.430 e. The van der Waals surface area contributed by atoms with E-state index in [0.717, 1.165) is 17.6 Å². The van der Waals surface area contributed by atoms with Gasteiger partial charge in [-0.25, -0.2) is 0 Å². The van der Waals surface area contributed by atoms with Crippen molar-refractivity contribution >= 4 is 34.1 Å². The lowest BCUT2D eigenvalue weighted by Gasteiger charge is -2.28. The summed E-state index contributed by atoms with van der Waals surface area (Å²) in [5.74, 6) is -1.83. The van der Waals surface area contributed by atoms with Crippen LogP contribution in [0.15, 0.2) is 51.2 Å². The molecule has 0 aromatic heterocycles. The highest BCUT2D eigenvalue weighted by atomic mass is 127. The zero-order valence-corrected chi connectivity index (χ0v) is 15.4. The number of ketones is 1. The Bertz CT molecular complexity index is 802. The summed E-state index contributed by atoms with van der Waals surface area (Å²) in [7, 11) is 0. The molecule has 0 bridgehead atoms. The van der Waals surface area contributed by atoms with Gasteiger partial charge in [-0.15, -0.1) is 0 Å². The Kier molecular flexibility index (Phi) is 4.26. The minimum atomic E-state index is -4.63. The zero-order valence-electron chi connectivity index (χ0n) is 13.2. The van der Waals surface area contributed by atoms with Crippen molar-refractivity contribution in [3.05, 3.63) is 46.2 Å². The van der Waals surface area contributed by atoms with E-state index in [9.17, 15) is 18.0 Å². The lowest BCUT2D eigenvalue weighted by atomic mass is 9.80. The number of alkyl halides is 4. The van der Waals surface area contributed by atoms with Crippen molar-refractivity contribution in [1.29, 1.82) is 0 Å². The maximum absolute atomic E-state index is 13.6. The van der Waals surface area contributed by atoms with E-state index in [-0.39, 0.29) is 16.0 Å². The average Bonchev–Trinajstić information content (AvgIpc) is 2.92. The predicted octanol–water partition coefficient (Wildman–Crippen LogP) is 4.25. The number of halogens is 4. The topological polar surface area (TPSA) is 38.7 Å². The van der Waals surface area contributed by atoms with Crippen molar-refractivity contribution in [1.82, 2.24) is 0 Å². The van der Waals surface area contributed by atoms with E-state index in [0.29, 0.717) is 30.8 Å². The predicted molar refractivity (Wildman–Crippen MR) is 95.7 cm³/mol. The van der Waals surface area contributed by atoms with Gasteiger partial charge in [0.05, 0.1) is 24.8 Å². The molecule has 132 valence electrons. The van der Waals surface area contributed by atoms with Crippen LogP contribution in [0.25, 0.3) is 0 Å². The van der Waals surface area contributed by atoms with Gasteiger partial charge < -0.3 is 4.74 Å². The summed E-state index contributed by atoms with van der Waals surface area (Å²) in [6.45, 7) is 0.859. The van der Waals surface area contributed by atoms with E-state index in [1.54, 1.807) is 12.2 Å². The summed E-state index contributed by atoms with van der Waals surface area (Å²) in [4.78, 5) is 17.1. The summed E-state index contributed by atoms with van der Waals surface area (Å²) in [6, 6.07) is 0. The molecule has 2 aliphatic carbocycles. The highest BCUT2D eigenvalue weighted by Crippen LogP contribution is 2.45. The van der Waals surface area contributed by atoms with Crippen LogP contribution in [0.1, 0.15) is 19.3 Å². The molecule has 0 fully saturated rings. The molecular formula is C18H15F3INO2. The highest BCUT2D eigenvalue weighted by Gasteiger charge is 2.50. The first-order chi connectivity index (χ1) is 11.9. The summed E-state index contributed by atoms with van der Waals surface area (Å²) < 4.78 is 46.4. The standard InChI is InChI=1S/C18H15F3INO2/c19-18(20,21)17-14(9-2-1-3-11(22)6-9)16(24)15-12-4-5-25-8-10(12)7-13(15)23-17/h1-2,6,11,14H,3-5,7-8H2. The number of hydrogen-bond donors (Lipinski definition) is 0. The van der Waals surface area contributed by atoms with E-state index in [1.165, 1.54) is 0 Å². The number of carbonyl (C=O) groups is 1. The van der Waals surface area contributed by atoms with Crippen LogP contribution in [0.3, 0.4) is 0 Å². The van der Waals surface area contributed by atoms with Gasteiger partial charge in [-0.1, -0.05) is 40.8 Å². The molecule has 0 saturated carbocycles. The van der Waals surface area contributed by atoms with Crippen molar-refractivity contribution in [3.8, 4) is 0 Å². The Morgan fingerprint density at radius 1 is 1.32 bits per heavy atom. The number of ether oxygens (including phenoxy) is 1. The van der Waals surface area contributed by atoms with Gasteiger partial charge in [0, 0.05) is 15.9 Å². The van der Waals surface area contributed by atoms with Gasteiger partial charge in [-0.3, -0.25) is 9.79 Å². The normalized spacial score (nSPS) is 29.5. The molecule has 0 amide bonds. The van der Waals surface area contributed by atoms with Gasteiger partial charge in [0.25, 0.3) is 0 Å². The van der Waals surface area contributed by atoms with Crippen molar-refractivity contribution in [2.45, 2.75) is 29.4 Å². The number of aliphatic imine (C=N–C) groups is 1. The fourth-order valence-electron chi connectivity index (χ4n) is 3.82. The molecule has 25 heavy (non-hydrogen) atoms. The quantitative estimate of drug-likeness (QED) is 0.433. The second-order valence-corrected chi connectivity index (χ2v) is 8.10. The third kappa shape index (κ3) is 2.95. The molecule has 0 aromatic carbocycles. The molecule has 2 aliphatic heterocycles. The number of allylic oxidation sites excluding steroid dienone is 6. The summed E-state index contributed by atoms with van der Waals surface area (Å²) >= 11 is 2.17. The van der Waals surface area contributed by atoms with Crippen LogP contribution in [0.2, 0.25) is 0 Å². The van der Waals surface area contributed by atoms with Crippen LogP contribution >= 0.6 is 22.6 Å². The van der Waals surface area contributed by atoms with Crippen LogP contribution in [0.4, 0.5) is 13.2 Å². The molecule has 4 aliphatic rings. The SMILES string of the molecule is O=C1C2=C(CC3=C2CCOC3)N=C(C(F)(F)F)C1C1=CC(I)CC=C1. The van der Waals surface area contributed by atoms with Gasteiger partial charge in [-0.05, 0) is 29.6 Å². The maximum Gasteiger partial charge on any atom is 0.430 e. The van der Waals surface area contributed by atoms with Crippen LogP contribution < -0.4 is 0 Å². The van der Waals surface area contributed by atoms with Crippen LogP contribution in [0, 0.1) is 5.92 Å². The first-order valence-electron chi connectivity index (χ1n) is 8.10. The number of rotatable bonds is 1. The van der Waals surface area contributed by atoms with Gasteiger partial charge in [0.15, 0.2) is 5.78 Å². The minimum Gasteiger partial charge on any atom is -0.377 e. The zero-order chi connectivity index (χ0) is 17.8. The fourth-order valence-corrected chi connectivity index (χ4v) is 4.53. The Balaban J connectivity index is 1.82. The van der Waals surface area contributed by atoms with E-state index in [4.69, 9.17) is 4.74 Å². The third-order valence-electron chi connectivity index (χ3n) is 4.88. The van der Waals surface area contributed by atoms with Crippen molar-refractivity contribution in [2.75, 3.05) is 13.2 Å². The van der Waals surface area contributed by atoms with Crippen LogP contribution in [0.5, 0.6) is 0 Å². The second-order valence-electron chi connectivity index (χ2n) is 6.50. The molecule has 2 atom stereocenters. The molecule has 7 heteroatoms. The lowest BCUT2D eigenvalue weighted by Crippen LogP contribution is -2.40. The summed E-state index contributed by atoms with van der Waals surface area (Å²) in [6.07, 6.45) is 2.18. The lowest BCUT2D eigenvalue weighted by molar-refractivity contribution is -0.118. The molecule has 2 unspecified atom stereocenters. The Hall–Kier alpha value is -1.22. The molecule has 0 radical (unpaired) electrons. The first-order valence-corrected chi connectivity index (χ1v) is 9.35. The smallest absolute Gasteiger partial charge is 0.377 e. The van der Waals surface area contributed by atoms with Crippen LogP contribution in [-0.4, -0.2) is 34.8 Å². The molecule has 0 aromatic rings. The van der Waals surface area contributed by atoms with Gasteiger partial charge >= 0.3 is 6.18 Å². The second kappa shape index (κ2) is 6.19. The molecule has 0 saturated heterocycles. The third-order valence-corrected chi connectivity index (χ3v) is 5.74. The molecule has 0 N–H and O–H groups in total. The summed E-state index contributed by atoms with van der Waals surface area (Å²) in [5, 5.41) is 0. The van der Waals surface area contributed by atoms with Crippen LogP contribution in [-0.2, 0) is 9.53 Å². The Morgan fingerprint density at radius 3 is 2.84 bits per heavy atom. The van der Waals surface area contributed by atoms with Gasteiger partial charge in [0.1, 0.15) is 5.71 Å². The van der Waals surface area contributed by atoms with Crippen molar-refractivity contribution in [2.24, 2.45) is 10.9 Å². The number of nitrogens with zero attached hydrogens (tertiary/aromatic N) is 1. The average molecular weight is 461 g/mol.